The minimum absolute atomic E-state index is 0.0773. The van der Waals surface area contributed by atoms with E-state index in [1.807, 2.05) is 0 Å². The lowest BCUT2D eigenvalue weighted by atomic mass is 10.4. The van der Waals surface area contributed by atoms with Crippen molar-refractivity contribution in [2.45, 2.75) is 19.4 Å². The Kier molecular flexibility index (Phi) is 2.72. The first-order chi connectivity index (χ1) is 7.18. The van der Waals surface area contributed by atoms with E-state index in [-0.39, 0.29) is 17.5 Å². The van der Waals surface area contributed by atoms with Gasteiger partial charge in [-0.2, -0.15) is 0 Å². The summed E-state index contributed by atoms with van der Waals surface area (Å²) in [4.78, 5) is 22.4. The van der Waals surface area contributed by atoms with E-state index in [0.29, 0.717) is 17.9 Å². The summed E-state index contributed by atoms with van der Waals surface area (Å²) in [5.41, 5.74) is -0.277. The number of nitrogens with zero attached hydrogens (tertiary/aromatic N) is 1. The van der Waals surface area contributed by atoms with Crippen LogP contribution in [-0.4, -0.2) is 27.2 Å². The number of amides is 1. The fourth-order valence-corrected chi connectivity index (χ4v) is 1.54. The summed E-state index contributed by atoms with van der Waals surface area (Å²) in [6.07, 6.45) is 1.96. The number of nitrogens with one attached hydrogen (secondary N) is 3. The number of carbonyl (C=O) groups excluding carboxylic acids is 1. The fourth-order valence-electron chi connectivity index (χ4n) is 1.32. The van der Waals surface area contributed by atoms with Gasteiger partial charge in [-0.1, -0.05) is 0 Å². The monoisotopic (exact) mass is 228 g/mol. The van der Waals surface area contributed by atoms with E-state index in [4.69, 9.17) is 12.2 Å². The van der Waals surface area contributed by atoms with Gasteiger partial charge < -0.3 is 5.32 Å². The van der Waals surface area contributed by atoms with Gasteiger partial charge in [0.1, 0.15) is 0 Å². The molecule has 1 heterocycles. The molecule has 1 aromatic heterocycles. The van der Waals surface area contributed by atoms with Crippen LogP contribution in [0.25, 0.3) is 0 Å². The van der Waals surface area contributed by atoms with Gasteiger partial charge in [-0.25, -0.2) is 9.89 Å². The van der Waals surface area contributed by atoms with Crippen molar-refractivity contribution in [2.24, 2.45) is 5.92 Å². The van der Waals surface area contributed by atoms with Gasteiger partial charge in [0, 0.05) is 19.0 Å². The highest BCUT2D eigenvalue weighted by atomic mass is 32.1. The maximum Gasteiger partial charge on any atom is 0.342 e. The second-order valence-electron chi connectivity index (χ2n) is 3.58. The predicted molar refractivity (Wildman–Crippen MR) is 56.0 cm³/mol. The molecule has 1 aliphatic rings. The molecule has 1 saturated carbocycles. The van der Waals surface area contributed by atoms with Gasteiger partial charge in [0.25, 0.3) is 0 Å². The minimum atomic E-state index is -0.277. The smallest absolute Gasteiger partial charge is 0.342 e. The van der Waals surface area contributed by atoms with Gasteiger partial charge in [-0.05, 0) is 25.1 Å². The molecule has 15 heavy (non-hydrogen) atoms. The topological polar surface area (TPSA) is 82.7 Å². The second-order valence-corrected chi connectivity index (χ2v) is 3.96. The molecule has 1 aromatic rings. The number of aromatic amines is 2. The largest absolute Gasteiger partial charge is 0.354 e. The van der Waals surface area contributed by atoms with Crippen LogP contribution in [-0.2, 0) is 11.3 Å². The zero-order valence-electron chi connectivity index (χ0n) is 8.08. The van der Waals surface area contributed by atoms with E-state index in [1.54, 1.807) is 0 Å². The number of H-pyrrole nitrogens is 2. The zero-order chi connectivity index (χ0) is 10.8. The summed E-state index contributed by atoms with van der Waals surface area (Å²) in [6, 6.07) is 0. The van der Waals surface area contributed by atoms with Crippen molar-refractivity contribution in [1.29, 1.82) is 0 Å². The molecule has 1 amide bonds. The molecule has 1 aliphatic carbocycles. The molecular weight excluding hydrogens is 216 g/mol. The summed E-state index contributed by atoms with van der Waals surface area (Å²) in [7, 11) is 0. The van der Waals surface area contributed by atoms with Gasteiger partial charge in [0.05, 0.1) is 0 Å². The molecule has 0 aromatic carbocycles. The van der Waals surface area contributed by atoms with E-state index < -0.39 is 0 Å². The van der Waals surface area contributed by atoms with Crippen molar-refractivity contribution in [3.05, 3.63) is 15.3 Å². The third kappa shape index (κ3) is 2.35. The first-order valence-corrected chi connectivity index (χ1v) is 5.24. The molecule has 0 bridgehead atoms. The van der Waals surface area contributed by atoms with Crippen LogP contribution >= 0.6 is 12.2 Å². The number of carbonyl (C=O) groups is 1. The molecule has 0 saturated heterocycles. The normalized spacial score (nSPS) is 15.2. The van der Waals surface area contributed by atoms with Crippen molar-refractivity contribution in [3.63, 3.8) is 0 Å². The number of hydrogen-bond acceptors (Lipinski definition) is 3. The Labute approximate surface area is 90.7 Å². The van der Waals surface area contributed by atoms with Gasteiger partial charge in [-0.15, -0.1) is 0 Å². The Hall–Kier alpha value is -1.37. The van der Waals surface area contributed by atoms with Crippen molar-refractivity contribution >= 4 is 18.1 Å². The highest BCUT2D eigenvalue weighted by Crippen LogP contribution is 2.28. The summed E-state index contributed by atoms with van der Waals surface area (Å²) in [5, 5.41) is 7.68. The van der Waals surface area contributed by atoms with Crippen LogP contribution in [0.5, 0.6) is 0 Å². The molecule has 0 spiro atoms. The highest BCUT2D eigenvalue weighted by Gasteiger charge is 2.28. The molecule has 6 nitrogen and oxygen atoms in total. The fraction of sp³-hybridized carbons (Fsp3) is 0.625. The third-order valence-corrected chi connectivity index (χ3v) is 2.67. The molecule has 7 heteroatoms. The van der Waals surface area contributed by atoms with Gasteiger partial charge in [0.15, 0.2) is 4.77 Å². The Morgan fingerprint density at radius 2 is 2.27 bits per heavy atom. The Morgan fingerprint density at radius 1 is 1.53 bits per heavy atom. The molecule has 0 atom stereocenters. The number of rotatable bonds is 4. The van der Waals surface area contributed by atoms with Crippen LogP contribution in [0.1, 0.15) is 12.8 Å². The molecule has 0 radical (unpaired) electrons. The van der Waals surface area contributed by atoms with Crippen LogP contribution in [0.3, 0.4) is 0 Å². The standard InChI is InChI=1S/C8H12N4O2S/c13-6(5-1-2-5)9-3-4-12-7(14)10-11-8(12)15/h5H,1-4H2,(H,9,13)(H,10,14)(H,11,15). The first kappa shape index (κ1) is 10.2. The minimum Gasteiger partial charge on any atom is -0.354 e. The molecule has 82 valence electrons. The second kappa shape index (κ2) is 4.01. The van der Waals surface area contributed by atoms with E-state index in [2.05, 4.69) is 15.5 Å². The lowest BCUT2D eigenvalue weighted by molar-refractivity contribution is -0.122. The summed E-state index contributed by atoms with van der Waals surface area (Å²) in [5.74, 6) is 0.274. The molecule has 0 aliphatic heterocycles. The maximum absolute atomic E-state index is 11.3. The highest BCUT2D eigenvalue weighted by molar-refractivity contribution is 7.71. The van der Waals surface area contributed by atoms with Crippen molar-refractivity contribution in [3.8, 4) is 0 Å². The predicted octanol–water partition coefficient (Wildman–Crippen LogP) is -0.240. The summed E-state index contributed by atoms with van der Waals surface area (Å²) < 4.78 is 1.73. The Bertz CT molecular complexity index is 440. The van der Waals surface area contributed by atoms with E-state index >= 15 is 0 Å². The number of aromatic nitrogens is 3. The summed E-state index contributed by atoms with van der Waals surface area (Å²) in [6.45, 7) is 0.834. The van der Waals surface area contributed by atoms with Gasteiger partial charge in [-0.3, -0.25) is 14.5 Å². The third-order valence-electron chi connectivity index (χ3n) is 2.35. The van der Waals surface area contributed by atoms with E-state index in [9.17, 15) is 9.59 Å². The van der Waals surface area contributed by atoms with E-state index in [0.717, 1.165) is 12.8 Å². The van der Waals surface area contributed by atoms with Crippen LogP contribution in [0.4, 0.5) is 0 Å². The average molecular weight is 228 g/mol. The molecule has 0 unspecified atom stereocenters. The molecule has 3 N–H and O–H groups in total. The quantitative estimate of drug-likeness (QED) is 0.622. The maximum atomic E-state index is 11.3. The van der Waals surface area contributed by atoms with Crippen molar-refractivity contribution in [1.82, 2.24) is 20.1 Å². The van der Waals surface area contributed by atoms with Crippen molar-refractivity contribution < 1.29 is 4.79 Å². The van der Waals surface area contributed by atoms with E-state index in [1.165, 1.54) is 4.57 Å². The first-order valence-electron chi connectivity index (χ1n) is 4.83. The van der Waals surface area contributed by atoms with Crippen LogP contribution < -0.4 is 11.0 Å². The van der Waals surface area contributed by atoms with Crippen LogP contribution in [0.15, 0.2) is 4.79 Å². The molecule has 2 rings (SSSR count). The zero-order valence-corrected chi connectivity index (χ0v) is 8.89. The average Bonchev–Trinajstić information content (AvgIpc) is 2.99. The summed E-state index contributed by atoms with van der Waals surface area (Å²) >= 11 is 4.88. The van der Waals surface area contributed by atoms with Crippen LogP contribution in [0.2, 0.25) is 0 Å². The van der Waals surface area contributed by atoms with Crippen LogP contribution in [0, 0.1) is 10.7 Å². The lowest BCUT2D eigenvalue weighted by Crippen LogP contribution is -2.30. The molecular formula is C8H12N4O2S. The molecule has 1 fully saturated rings. The Morgan fingerprint density at radius 3 is 2.80 bits per heavy atom. The lowest BCUT2D eigenvalue weighted by Gasteiger charge is -2.03. The Balaban J connectivity index is 1.85. The van der Waals surface area contributed by atoms with Gasteiger partial charge >= 0.3 is 5.69 Å². The number of hydrogen-bond donors (Lipinski definition) is 3. The van der Waals surface area contributed by atoms with Gasteiger partial charge in [0.2, 0.25) is 5.91 Å². The van der Waals surface area contributed by atoms with Crippen molar-refractivity contribution in [2.75, 3.05) is 6.54 Å². The SMILES string of the molecule is O=C(NCCn1c(=O)[nH][nH]c1=S)C1CC1.